The third-order valence-electron chi connectivity index (χ3n) is 3.60. The maximum Gasteiger partial charge on any atom is 0.250 e. The van der Waals surface area contributed by atoms with Crippen molar-refractivity contribution in [2.45, 2.75) is 12.6 Å². The molecule has 1 heterocycles. The summed E-state index contributed by atoms with van der Waals surface area (Å²) in [7, 11) is 3.82. The Labute approximate surface area is 120 Å². The van der Waals surface area contributed by atoms with Crippen LogP contribution < -0.4 is 0 Å². The molecule has 0 N–H and O–H groups in total. The van der Waals surface area contributed by atoms with Crippen LogP contribution in [0.15, 0.2) is 42.5 Å². The molecule has 1 amide bonds. The number of amides is 1. The molecule has 1 aliphatic heterocycles. The Morgan fingerprint density at radius 1 is 1.30 bits per heavy atom. The van der Waals surface area contributed by atoms with Gasteiger partial charge in [-0.25, -0.2) is 0 Å². The van der Waals surface area contributed by atoms with Gasteiger partial charge in [0.25, 0.3) is 5.91 Å². The van der Waals surface area contributed by atoms with E-state index in [4.69, 9.17) is 4.74 Å². The molecule has 108 valence electrons. The SMILES string of the molecule is C=C(CN(C)C1COC1)C(=O)N(C)Cc1ccccc1. The molecule has 0 aliphatic carbocycles. The summed E-state index contributed by atoms with van der Waals surface area (Å²) < 4.78 is 5.16. The highest BCUT2D eigenvalue weighted by molar-refractivity contribution is 5.93. The Morgan fingerprint density at radius 2 is 1.95 bits per heavy atom. The van der Waals surface area contributed by atoms with Gasteiger partial charge < -0.3 is 9.64 Å². The van der Waals surface area contributed by atoms with Crippen molar-refractivity contribution in [1.29, 1.82) is 0 Å². The minimum Gasteiger partial charge on any atom is -0.378 e. The molecule has 1 saturated heterocycles. The highest BCUT2D eigenvalue weighted by atomic mass is 16.5. The second-order valence-electron chi connectivity index (χ2n) is 5.36. The lowest BCUT2D eigenvalue weighted by Gasteiger charge is -2.35. The number of hydrogen-bond donors (Lipinski definition) is 0. The van der Waals surface area contributed by atoms with Crippen molar-refractivity contribution < 1.29 is 9.53 Å². The van der Waals surface area contributed by atoms with Crippen molar-refractivity contribution in [3.63, 3.8) is 0 Å². The van der Waals surface area contributed by atoms with Gasteiger partial charge in [0.15, 0.2) is 0 Å². The Balaban J connectivity index is 1.84. The number of benzene rings is 1. The zero-order valence-electron chi connectivity index (χ0n) is 12.2. The van der Waals surface area contributed by atoms with Crippen LogP contribution in [0.2, 0.25) is 0 Å². The lowest BCUT2D eigenvalue weighted by Crippen LogP contribution is -2.48. The summed E-state index contributed by atoms with van der Waals surface area (Å²) in [6, 6.07) is 10.4. The van der Waals surface area contributed by atoms with E-state index in [-0.39, 0.29) is 5.91 Å². The van der Waals surface area contributed by atoms with Gasteiger partial charge in [0.05, 0.1) is 19.3 Å². The minimum absolute atomic E-state index is 0.000875. The maximum absolute atomic E-state index is 12.3. The third-order valence-corrected chi connectivity index (χ3v) is 3.60. The fourth-order valence-electron chi connectivity index (χ4n) is 2.17. The number of carbonyl (C=O) groups is 1. The normalized spacial score (nSPS) is 14.9. The summed E-state index contributed by atoms with van der Waals surface area (Å²) >= 11 is 0. The molecule has 0 radical (unpaired) electrons. The Kier molecular flexibility index (Phi) is 4.93. The van der Waals surface area contributed by atoms with Crippen LogP contribution in [0, 0.1) is 0 Å². The van der Waals surface area contributed by atoms with Crippen LogP contribution in [0.1, 0.15) is 5.56 Å². The van der Waals surface area contributed by atoms with E-state index in [2.05, 4.69) is 11.5 Å². The summed E-state index contributed by atoms with van der Waals surface area (Å²) in [5.74, 6) is 0.000875. The van der Waals surface area contributed by atoms with E-state index in [9.17, 15) is 4.79 Å². The smallest absolute Gasteiger partial charge is 0.250 e. The molecular weight excluding hydrogens is 252 g/mol. The van der Waals surface area contributed by atoms with Crippen LogP contribution in [-0.2, 0) is 16.1 Å². The van der Waals surface area contributed by atoms with E-state index in [1.165, 1.54) is 0 Å². The van der Waals surface area contributed by atoms with Gasteiger partial charge in [-0.05, 0) is 12.6 Å². The fraction of sp³-hybridized carbons (Fsp3) is 0.438. The first-order valence-electron chi connectivity index (χ1n) is 6.83. The molecule has 0 bridgehead atoms. The van der Waals surface area contributed by atoms with E-state index in [0.717, 1.165) is 18.8 Å². The van der Waals surface area contributed by atoms with Gasteiger partial charge in [-0.3, -0.25) is 9.69 Å². The van der Waals surface area contributed by atoms with Crippen molar-refractivity contribution in [3.05, 3.63) is 48.0 Å². The van der Waals surface area contributed by atoms with Gasteiger partial charge in [-0.15, -0.1) is 0 Å². The molecule has 2 rings (SSSR count). The zero-order valence-corrected chi connectivity index (χ0v) is 12.2. The standard InChI is InChI=1S/C16H22N2O2/c1-13(9-17(2)15-11-20-12-15)16(19)18(3)10-14-7-5-4-6-8-14/h4-8,15H,1,9-12H2,2-3H3. The van der Waals surface area contributed by atoms with Gasteiger partial charge in [0.2, 0.25) is 0 Å². The molecular formula is C16H22N2O2. The molecule has 0 saturated carbocycles. The molecule has 0 unspecified atom stereocenters. The van der Waals surface area contributed by atoms with E-state index in [1.807, 2.05) is 44.4 Å². The predicted octanol–water partition coefficient (Wildman–Crippen LogP) is 1.53. The first-order valence-corrected chi connectivity index (χ1v) is 6.83. The fourth-order valence-corrected chi connectivity index (χ4v) is 2.17. The summed E-state index contributed by atoms with van der Waals surface area (Å²) in [4.78, 5) is 16.1. The summed E-state index contributed by atoms with van der Waals surface area (Å²) in [6.45, 7) is 6.62. The molecule has 1 fully saturated rings. The van der Waals surface area contributed by atoms with Crippen LogP contribution in [0.25, 0.3) is 0 Å². The van der Waals surface area contributed by atoms with Crippen LogP contribution >= 0.6 is 0 Å². The lowest BCUT2D eigenvalue weighted by molar-refractivity contribution is -0.127. The van der Waals surface area contributed by atoms with Gasteiger partial charge in [-0.1, -0.05) is 36.9 Å². The molecule has 4 nitrogen and oxygen atoms in total. The molecule has 1 aromatic carbocycles. The lowest BCUT2D eigenvalue weighted by atomic mass is 10.1. The monoisotopic (exact) mass is 274 g/mol. The Morgan fingerprint density at radius 3 is 2.50 bits per heavy atom. The topological polar surface area (TPSA) is 32.8 Å². The second kappa shape index (κ2) is 6.68. The quantitative estimate of drug-likeness (QED) is 0.738. The predicted molar refractivity (Wildman–Crippen MR) is 79.3 cm³/mol. The van der Waals surface area contributed by atoms with Crippen molar-refractivity contribution in [3.8, 4) is 0 Å². The van der Waals surface area contributed by atoms with Crippen molar-refractivity contribution in [1.82, 2.24) is 9.80 Å². The first kappa shape index (κ1) is 14.8. The van der Waals surface area contributed by atoms with Crippen LogP contribution in [-0.4, -0.2) is 55.6 Å². The molecule has 4 heteroatoms. The van der Waals surface area contributed by atoms with Crippen molar-refractivity contribution in [2.75, 3.05) is 33.9 Å². The molecule has 0 aromatic heterocycles. The van der Waals surface area contributed by atoms with E-state index in [1.54, 1.807) is 4.90 Å². The van der Waals surface area contributed by atoms with E-state index in [0.29, 0.717) is 24.7 Å². The molecule has 0 atom stereocenters. The van der Waals surface area contributed by atoms with Gasteiger partial charge >= 0.3 is 0 Å². The maximum atomic E-state index is 12.3. The average Bonchev–Trinajstić information content (AvgIpc) is 2.36. The average molecular weight is 274 g/mol. The highest BCUT2D eigenvalue weighted by Crippen LogP contribution is 2.11. The number of hydrogen-bond acceptors (Lipinski definition) is 3. The van der Waals surface area contributed by atoms with Gasteiger partial charge in [0, 0.05) is 25.7 Å². The first-order chi connectivity index (χ1) is 9.58. The second-order valence-corrected chi connectivity index (χ2v) is 5.36. The van der Waals surface area contributed by atoms with Crippen LogP contribution in [0.5, 0.6) is 0 Å². The number of carbonyl (C=O) groups excluding carboxylic acids is 1. The zero-order chi connectivity index (χ0) is 14.5. The highest BCUT2D eigenvalue weighted by Gasteiger charge is 2.25. The number of rotatable bonds is 6. The number of ether oxygens (including phenoxy) is 1. The van der Waals surface area contributed by atoms with E-state index >= 15 is 0 Å². The Bertz CT molecular complexity index is 469. The molecule has 1 aromatic rings. The summed E-state index contributed by atoms with van der Waals surface area (Å²) in [6.07, 6.45) is 0. The van der Waals surface area contributed by atoms with Crippen LogP contribution in [0.4, 0.5) is 0 Å². The number of nitrogens with zero attached hydrogens (tertiary/aromatic N) is 2. The van der Waals surface area contributed by atoms with Gasteiger partial charge in [0.1, 0.15) is 0 Å². The summed E-state index contributed by atoms with van der Waals surface area (Å²) in [5, 5.41) is 0. The van der Waals surface area contributed by atoms with Crippen molar-refractivity contribution in [2.24, 2.45) is 0 Å². The van der Waals surface area contributed by atoms with Gasteiger partial charge in [-0.2, -0.15) is 0 Å². The Hall–Kier alpha value is -1.65. The minimum atomic E-state index is 0.000875. The largest absolute Gasteiger partial charge is 0.378 e. The summed E-state index contributed by atoms with van der Waals surface area (Å²) in [5.41, 5.74) is 1.75. The third kappa shape index (κ3) is 3.68. The van der Waals surface area contributed by atoms with E-state index < -0.39 is 0 Å². The van der Waals surface area contributed by atoms with Crippen molar-refractivity contribution >= 4 is 5.91 Å². The van der Waals surface area contributed by atoms with Crippen LogP contribution in [0.3, 0.4) is 0 Å². The molecule has 1 aliphatic rings. The molecule has 20 heavy (non-hydrogen) atoms. The molecule has 0 spiro atoms. The number of likely N-dealkylation sites (N-methyl/N-ethyl adjacent to an activating group) is 2.